The highest BCUT2D eigenvalue weighted by Gasteiger charge is 2.43. The monoisotopic (exact) mass is 1030 g/mol. The predicted molar refractivity (Wildman–Crippen MR) is 246 cm³/mol. The molecular weight excluding hydrogens is 974 g/mol. The molecule has 7 atom stereocenters. The smallest absolute Gasteiger partial charge is 0.322 e. The summed E-state index contributed by atoms with van der Waals surface area (Å²) in [6.45, 7) is 2.81. The number of anilines is 2. The number of piperidine rings is 1. The third kappa shape index (κ3) is 11.9. The lowest BCUT2D eigenvalue weighted by atomic mass is 9.98. The fourth-order valence-electron chi connectivity index (χ4n) is 8.80. The van der Waals surface area contributed by atoms with Crippen molar-refractivity contribution in [3.63, 3.8) is 0 Å². The largest absolute Gasteiger partial charge is 0.506 e. The third-order valence-electron chi connectivity index (χ3n) is 12.6. The van der Waals surface area contributed by atoms with Gasteiger partial charge in [-0.05, 0) is 112 Å². The van der Waals surface area contributed by atoms with Gasteiger partial charge in [0.15, 0.2) is 0 Å². The minimum Gasteiger partial charge on any atom is -0.506 e. The average molecular weight is 1030 g/mol. The van der Waals surface area contributed by atoms with Crippen LogP contribution in [0.2, 0.25) is 0 Å². The number of pyridine rings is 1. The summed E-state index contributed by atoms with van der Waals surface area (Å²) in [5.41, 5.74) is 3.41. The number of unbranched alkanes of at least 4 members (excludes halogenated alkanes) is 1. The summed E-state index contributed by atoms with van der Waals surface area (Å²) >= 11 is 6.73. The van der Waals surface area contributed by atoms with Gasteiger partial charge in [0.25, 0.3) is 0 Å². The Hall–Kier alpha value is -4.61. The zero-order chi connectivity index (χ0) is 46.2. The topological polar surface area (TPSA) is 253 Å². The first-order valence-corrected chi connectivity index (χ1v) is 23.6. The van der Waals surface area contributed by atoms with E-state index in [0.717, 1.165) is 16.9 Å². The number of hydrogen-bond donors (Lipinski definition) is 9. The Labute approximate surface area is 393 Å². The van der Waals surface area contributed by atoms with E-state index in [1.165, 1.54) is 0 Å². The van der Waals surface area contributed by atoms with E-state index in [-0.39, 0.29) is 43.1 Å². The highest BCUT2D eigenvalue weighted by Crippen LogP contribution is 2.34. The van der Waals surface area contributed by atoms with Crippen molar-refractivity contribution in [3.05, 3.63) is 81.0 Å². The molecule has 9 N–H and O–H groups in total. The van der Waals surface area contributed by atoms with Crippen molar-refractivity contribution < 1.29 is 49.4 Å². The summed E-state index contributed by atoms with van der Waals surface area (Å²) < 4.78 is 6.34. The minimum absolute atomic E-state index is 0.0212. The number of nitrogens with one attached hydrogen (secondary N) is 4. The normalized spacial score (nSPS) is 23.6. The number of nitrogens with zero attached hydrogens (tertiary/aromatic N) is 5. The van der Waals surface area contributed by atoms with Crippen molar-refractivity contribution in [2.24, 2.45) is 0 Å². The molecule has 3 saturated heterocycles. The maximum Gasteiger partial charge on any atom is 0.322 e. The molecule has 352 valence electrons. The van der Waals surface area contributed by atoms with Gasteiger partial charge in [-0.15, -0.1) is 0 Å². The Morgan fingerprint density at radius 3 is 2.25 bits per heavy atom. The number of amides is 6. The van der Waals surface area contributed by atoms with Gasteiger partial charge in [-0.25, -0.2) is 9.59 Å². The number of fused-ring (bicyclic) bond motifs is 1. The maximum atomic E-state index is 14.5. The maximum absolute atomic E-state index is 14.5. The zero-order valence-electron chi connectivity index (χ0n) is 35.8. The van der Waals surface area contributed by atoms with Gasteiger partial charge in [0.05, 0.1) is 15.6 Å². The number of aliphatic hydroxyl groups excluding tert-OH is 4. The Bertz CT molecular complexity index is 2100. The highest BCUT2D eigenvalue weighted by atomic mass is 79.9. The lowest BCUT2D eigenvalue weighted by Crippen LogP contribution is -2.62. The summed E-state index contributed by atoms with van der Waals surface area (Å²) in [7, 11) is 0. The molecule has 21 heteroatoms. The number of rotatable bonds is 15. The van der Waals surface area contributed by atoms with E-state index in [1.54, 1.807) is 39.2 Å². The van der Waals surface area contributed by atoms with Crippen LogP contribution in [0.3, 0.4) is 0 Å². The van der Waals surface area contributed by atoms with Crippen LogP contribution in [-0.2, 0) is 27.3 Å². The van der Waals surface area contributed by atoms with Crippen molar-refractivity contribution >= 4 is 67.1 Å². The van der Waals surface area contributed by atoms with Crippen LogP contribution in [0, 0.1) is 0 Å². The number of phenolic OH excluding ortho intramolecular Hbond substituents is 1. The molecule has 0 bridgehead atoms. The predicted octanol–water partition coefficient (Wildman–Crippen LogP) is 1.84. The number of phenols is 1. The number of aromatic nitrogens is 1. The Kier molecular flexibility index (Phi) is 16.5. The fourth-order valence-corrected chi connectivity index (χ4v) is 10.1. The van der Waals surface area contributed by atoms with Gasteiger partial charge in [-0.1, -0.05) is 18.2 Å². The van der Waals surface area contributed by atoms with Crippen LogP contribution in [-0.4, -0.2) is 170 Å². The summed E-state index contributed by atoms with van der Waals surface area (Å²) in [5, 5.41) is 62.7. The van der Waals surface area contributed by atoms with Crippen LogP contribution in [0.4, 0.5) is 21.0 Å². The molecule has 2 aromatic carbocycles. The van der Waals surface area contributed by atoms with Crippen molar-refractivity contribution in [2.75, 3.05) is 62.6 Å². The second-order valence-electron chi connectivity index (χ2n) is 16.8. The van der Waals surface area contributed by atoms with Gasteiger partial charge >= 0.3 is 12.1 Å². The quantitative estimate of drug-likeness (QED) is 0.0988. The van der Waals surface area contributed by atoms with Gasteiger partial charge in [-0.2, -0.15) is 0 Å². The van der Waals surface area contributed by atoms with E-state index < -0.39 is 61.3 Å². The Morgan fingerprint density at radius 2 is 1.55 bits per heavy atom. The number of benzene rings is 2. The molecule has 3 aromatic rings. The molecule has 0 radical (unpaired) electrons. The SMILES string of the molecule is O=C(N[C@@H](CCCCN[C@@H]1O[C@H](CO)[C@@H](O)[C@H](O)[C@@H]1O)C(=O)N1CCN(c2ccncc2)CC1)[C@@H](Cc1cc(Br)c(O)c(Br)c1)NC(=O)N1CCC(N2Cc3ccccc3NC2=O)CC1. The number of aliphatic hydroxyl groups is 4. The first-order valence-electron chi connectivity index (χ1n) is 22.0. The summed E-state index contributed by atoms with van der Waals surface area (Å²) in [6, 6.07) is 11.9. The number of carbonyl (C=O) groups is 4. The first kappa shape index (κ1) is 48.3. The summed E-state index contributed by atoms with van der Waals surface area (Å²) in [6.07, 6.45) is -0.941. The zero-order valence-corrected chi connectivity index (χ0v) is 38.9. The molecule has 0 saturated carbocycles. The molecule has 4 aliphatic rings. The number of carbonyl (C=O) groups excluding carboxylic acids is 4. The Morgan fingerprint density at radius 1 is 0.862 bits per heavy atom. The highest BCUT2D eigenvalue weighted by molar-refractivity contribution is 9.11. The summed E-state index contributed by atoms with van der Waals surface area (Å²) in [4.78, 5) is 67.3. The van der Waals surface area contributed by atoms with Gasteiger partial charge in [0.1, 0.15) is 48.5 Å². The van der Waals surface area contributed by atoms with E-state index in [1.807, 2.05) is 36.4 Å². The molecule has 6 amide bonds. The van der Waals surface area contributed by atoms with E-state index in [4.69, 9.17) is 4.74 Å². The van der Waals surface area contributed by atoms with Crippen LogP contribution >= 0.6 is 31.9 Å². The van der Waals surface area contributed by atoms with Crippen molar-refractivity contribution in [1.29, 1.82) is 0 Å². The molecule has 0 spiro atoms. The van der Waals surface area contributed by atoms with E-state index in [2.05, 4.69) is 63.0 Å². The Balaban J connectivity index is 1.03. The van der Waals surface area contributed by atoms with Crippen LogP contribution < -0.4 is 26.2 Å². The minimum atomic E-state index is -1.53. The number of para-hydroxylation sites is 1. The second kappa shape index (κ2) is 22.3. The van der Waals surface area contributed by atoms with E-state index in [0.29, 0.717) is 86.0 Å². The molecule has 5 heterocycles. The third-order valence-corrected chi connectivity index (χ3v) is 13.8. The fraction of sp³-hybridized carbons (Fsp3) is 0.523. The molecule has 0 unspecified atom stereocenters. The number of ether oxygens (including phenoxy) is 1. The van der Waals surface area contributed by atoms with Crippen LogP contribution in [0.5, 0.6) is 5.75 Å². The molecule has 19 nitrogen and oxygen atoms in total. The molecule has 4 aliphatic heterocycles. The number of piperazine rings is 1. The van der Waals surface area contributed by atoms with Crippen molar-refractivity contribution in [2.45, 2.75) is 93.8 Å². The number of aromatic hydroxyl groups is 1. The molecule has 0 aliphatic carbocycles. The molecule has 65 heavy (non-hydrogen) atoms. The van der Waals surface area contributed by atoms with Crippen LogP contribution in [0.25, 0.3) is 0 Å². The van der Waals surface area contributed by atoms with Crippen molar-refractivity contribution in [1.82, 2.24) is 35.6 Å². The first-order chi connectivity index (χ1) is 31.3. The number of urea groups is 2. The molecule has 3 fully saturated rings. The van der Waals surface area contributed by atoms with Crippen molar-refractivity contribution in [3.8, 4) is 5.75 Å². The standard InChI is InChI=1S/C44H57Br2N9O10/c45-30-21-26(22-31(46)36(30)57)23-34(51-43(63)54-15-10-29(11-16-54)55-24-27-5-1-2-6-32(27)50-44(55)64)40(61)49-33(42(62)53-19-17-52(18-20-53)28-8-13-47-14-9-28)7-3-4-12-48-41-39(60)38(59)37(58)35(25-56)65-41/h1-2,5-6,8-9,13-14,21-22,29,33-35,37-39,41,48,56-60H,3-4,7,10-12,15-20,23-25H2,(H,49,61)(H,50,64)(H,51,63)/t33-,34+,35+,37+,38-,39-,41+/m0/s1. The molecule has 1 aromatic heterocycles. The average Bonchev–Trinajstić information content (AvgIpc) is 3.32. The van der Waals surface area contributed by atoms with Gasteiger partial charge < -0.3 is 65.8 Å². The second-order valence-corrected chi connectivity index (χ2v) is 18.5. The van der Waals surface area contributed by atoms with Crippen LogP contribution in [0.1, 0.15) is 43.2 Å². The number of likely N-dealkylation sites (tertiary alicyclic amines) is 1. The van der Waals surface area contributed by atoms with E-state index >= 15 is 0 Å². The van der Waals surface area contributed by atoms with E-state index in [9.17, 15) is 44.7 Å². The van der Waals surface area contributed by atoms with Gasteiger partial charge in [0, 0.05) is 82.0 Å². The molecular formula is C44H57Br2N9O10. The van der Waals surface area contributed by atoms with Gasteiger partial charge in [-0.3, -0.25) is 19.9 Å². The lowest BCUT2D eigenvalue weighted by Gasteiger charge is -2.40. The summed E-state index contributed by atoms with van der Waals surface area (Å²) in [5.74, 6) is -0.880. The van der Waals surface area contributed by atoms with Gasteiger partial charge in [0.2, 0.25) is 11.8 Å². The van der Waals surface area contributed by atoms with Crippen LogP contribution in [0.15, 0.2) is 69.9 Å². The molecule has 7 rings (SSSR count). The number of hydrogen-bond acceptors (Lipinski definition) is 13. The lowest BCUT2D eigenvalue weighted by molar-refractivity contribution is -0.236. The number of halogens is 2.